The van der Waals surface area contributed by atoms with E-state index in [1.54, 1.807) is 11.9 Å². The Labute approximate surface area is 89.1 Å². The molecular weight excluding hydrogens is 190 g/mol. The molecule has 2 amide bonds. The van der Waals surface area contributed by atoms with Crippen molar-refractivity contribution >= 4 is 17.4 Å². The number of nitrogens with two attached hydrogens (primary N) is 1. The molecule has 15 heavy (non-hydrogen) atoms. The number of amides is 2. The van der Waals surface area contributed by atoms with Gasteiger partial charge >= 0.3 is 6.03 Å². The van der Waals surface area contributed by atoms with Crippen molar-refractivity contribution in [3.05, 3.63) is 23.8 Å². The van der Waals surface area contributed by atoms with E-state index in [0.29, 0.717) is 0 Å². The van der Waals surface area contributed by atoms with Crippen LogP contribution in [0.5, 0.6) is 0 Å². The second-order valence-electron chi connectivity index (χ2n) is 3.66. The molecule has 0 spiro atoms. The molecule has 0 radical (unpaired) electrons. The summed E-state index contributed by atoms with van der Waals surface area (Å²) in [5.41, 5.74) is 8.70. The van der Waals surface area contributed by atoms with E-state index >= 15 is 0 Å². The molecule has 1 aliphatic rings. The minimum atomic E-state index is -0.0680. The van der Waals surface area contributed by atoms with E-state index in [-0.39, 0.29) is 6.03 Å². The minimum absolute atomic E-state index is 0.0680. The number of nitrogen functional groups attached to an aromatic ring is 1. The summed E-state index contributed by atoms with van der Waals surface area (Å²) in [6, 6.07) is 5.64. The molecule has 4 nitrogen and oxygen atoms in total. The number of carbonyl (C=O) groups excluding carboxylic acids is 1. The summed E-state index contributed by atoms with van der Waals surface area (Å²) in [5, 5.41) is 2.64. The average Bonchev–Trinajstić information content (AvgIpc) is 2.28. The lowest BCUT2D eigenvalue weighted by atomic mass is 10.0. The SMILES string of the molecule is CNC(=O)N1CCCc2c(N)cccc21. The van der Waals surface area contributed by atoms with Gasteiger partial charge in [0.2, 0.25) is 0 Å². The molecule has 80 valence electrons. The van der Waals surface area contributed by atoms with Crippen LogP contribution < -0.4 is 16.0 Å². The van der Waals surface area contributed by atoms with Crippen molar-refractivity contribution < 1.29 is 4.79 Å². The van der Waals surface area contributed by atoms with Crippen LogP contribution in [0.2, 0.25) is 0 Å². The van der Waals surface area contributed by atoms with Gasteiger partial charge in [-0.15, -0.1) is 0 Å². The number of urea groups is 1. The molecular formula is C11H15N3O. The first-order valence-electron chi connectivity index (χ1n) is 5.10. The van der Waals surface area contributed by atoms with Gasteiger partial charge in [0.05, 0.1) is 5.69 Å². The third-order valence-corrected chi connectivity index (χ3v) is 2.75. The predicted octanol–water partition coefficient (Wildman–Crippen LogP) is 1.36. The Morgan fingerprint density at radius 3 is 3.07 bits per heavy atom. The Hall–Kier alpha value is -1.71. The first-order valence-corrected chi connectivity index (χ1v) is 5.10. The summed E-state index contributed by atoms with van der Waals surface area (Å²) in [6.07, 6.45) is 1.92. The topological polar surface area (TPSA) is 58.4 Å². The summed E-state index contributed by atoms with van der Waals surface area (Å²) in [6.45, 7) is 0.760. The fourth-order valence-electron chi connectivity index (χ4n) is 2.00. The number of hydrogen-bond donors (Lipinski definition) is 2. The third kappa shape index (κ3) is 1.63. The molecule has 1 aromatic rings. The van der Waals surface area contributed by atoms with Crippen molar-refractivity contribution in [3.63, 3.8) is 0 Å². The molecule has 3 N–H and O–H groups in total. The highest BCUT2D eigenvalue weighted by atomic mass is 16.2. The zero-order chi connectivity index (χ0) is 10.8. The van der Waals surface area contributed by atoms with Crippen LogP contribution >= 0.6 is 0 Å². The van der Waals surface area contributed by atoms with Crippen molar-refractivity contribution in [1.29, 1.82) is 0 Å². The van der Waals surface area contributed by atoms with Crippen LogP contribution in [-0.2, 0) is 6.42 Å². The fourth-order valence-corrected chi connectivity index (χ4v) is 2.00. The number of rotatable bonds is 0. The van der Waals surface area contributed by atoms with E-state index < -0.39 is 0 Å². The van der Waals surface area contributed by atoms with Crippen LogP contribution in [0.1, 0.15) is 12.0 Å². The van der Waals surface area contributed by atoms with Crippen molar-refractivity contribution in [2.45, 2.75) is 12.8 Å². The van der Waals surface area contributed by atoms with Crippen LogP contribution in [-0.4, -0.2) is 19.6 Å². The Bertz CT molecular complexity index is 389. The lowest BCUT2D eigenvalue weighted by Crippen LogP contribution is -2.41. The van der Waals surface area contributed by atoms with Gasteiger partial charge in [-0.25, -0.2) is 4.79 Å². The van der Waals surface area contributed by atoms with Crippen molar-refractivity contribution in [1.82, 2.24) is 5.32 Å². The van der Waals surface area contributed by atoms with E-state index in [2.05, 4.69) is 5.32 Å². The molecule has 0 bridgehead atoms. The molecule has 0 saturated heterocycles. The number of fused-ring (bicyclic) bond motifs is 1. The first-order chi connectivity index (χ1) is 7.24. The summed E-state index contributed by atoms with van der Waals surface area (Å²) >= 11 is 0. The van der Waals surface area contributed by atoms with Gasteiger partial charge in [-0.1, -0.05) is 6.07 Å². The number of hydrogen-bond acceptors (Lipinski definition) is 2. The zero-order valence-corrected chi connectivity index (χ0v) is 8.79. The van der Waals surface area contributed by atoms with Crippen LogP contribution in [0, 0.1) is 0 Å². The Morgan fingerprint density at radius 2 is 2.33 bits per heavy atom. The van der Waals surface area contributed by atoms with Crippen LogP contribution in [0.3, 0.4) is 0 Å². The summed E-state index contributed by atoms with van der Waals surface area (Å²) < 4.78 is 0. The van der Waals surface area contributed by atoms with E-state index in [1.165, 1.54) is 0 Å². The van der Waals surface area contributed by atoms with Gasteiger partial charge in [-0.3, -0.25) is 4.90 Å². The molecule has 0 saturated carbocycles. The molecule has 1 aliphatic heterocycles. The highest BCUT2D eigenvalue weighted by Gasteiger charge is 2.22. The largest absolute Gasteiger partial charge is 0.398 e. The molecule has 0 aromatic heterocycles. The average molecular weight is 205 g/mol. The van der Waals surface area contributed by atoms with Gasteiger partial charge in [0.25, 0.3) is 0 Å². The highest BCUT2D eigenvalue weighted by molar-refractivity contribution is 5.94. The maximum Gasteiger partial charge on any atom is 0.321 e. The first kappa shape index (κ1) is 9.83. The van der Waals surface area contributed by atoms with E-state index in [9.17, 15) is 4.79 Å². The zero-order valence-electron chi connectivity index (χ0n) is 8.79. The number of nitrogens with zero attached hydrogens (tertiary/aromatic N) is 1. The Kier molecular flexibility index (Phi) is 2.49. The quantitative estimate of drug-likeness (QED) is 0.628. The summed E-state index contributed by atoms with van der Waals surface area (Å²) in [7, 11) is 1.64. The lowest BCUT2D eigenvalue weighted by Gasteiger charge is -2.29. The second kappa shape index (κ2) is 3.81. The maximum absolute atomic E-state index is 11.6. The molecule has 0 unspecified atom stereocenters. The molecule has 1 aromatic carbocycles. The number of nitrogens with one attached hydrogen (secondary N) is 1. The van der Waals surface area contributed by atoms with Gasteiger partial charge in [-0.2, -0.15) is 0 Å². The molecule has 4 heteroatoms. The molecule has 0 aliphatic carbocycles. The Balaban J connectivity index is 2.42. The van der Waals surface area contributed by atoms with Gasteiger partial charge in [-0.05, 0) is 30.5 Å². The third-order valence-electron chi connectivity index (χ3n) is 2.75. The van der Waals surface area contributed by atoms with E-state index in [4.69, 9.17) is 5.73 Å². The monoisotopic (exact) mass is 205 g/mol. The van der Waals surface area contributed by atoms with Crippen LogP contribution in [0.15, 0.2) is 18.2 Å². The molecule has 1 heterocycles. The van der Waals surface area contributed by atoms with E-state index in [1.807, 2.05) is 18.2 Å². The van der Waals surface area contributed by atoms with Gasteiger partial charge in [0.1, 0.15) is 0 Å². The number of carbonyl (C=O) groups is 1. The lowest BCUT2D eigenvalue weighted by molar-refractivity contribution is 0.247. The molecule has 0 fully saturated rings. The maximum atomic E-state index is 11.6. The normalized spacial score (nSPS) is 14.6. The number of anilines is 2. The van der Waals surface area contributed by atoms with Crippen molar-refractivity contribution in [2.75, 3.05) is 24.2 Å². The fraction of sp³-hybridized carbons (Fsp3) is 0.364. The van der Waals surface area contributed by atoms with Crippen LogP contribution in [0.4, 0.5) is 16.2 Å². The highest BCUT2D eigenvalue weighted by Crippen LogP contribution is 2.30. The summed E-state index contributed by atoms with van der Waals surface area (Å²) in [5.74, 6) is 0. The van der Waals surface area contributed by atoms with Crippen molar-refractivity contribution in [3.8, 4) is 0 Å². The van der Waals surface area contributed by atoms with Crippen molar-refractivity contribution in [2.24, 2.45) is 0 Å². The van der Waals surface area contributed by atoms with Crippen LogP contribution in [0.25, 0.3) is 0 Å². The Morgan fingerprint density at radius 1 is 1.53 bits per heavy atom. The number of benzene rings is 1. The molecule has 2 rings (SSSR count). The standard InChI is InChI=1S/C11H15N3O/c1-13-11(15)14-7-3-4-8-9(12)5-2-6-10(8)14/h2,5-6H,3-4,7,12H2,1H3,(H,13,15). The molecule has 0 atom stereocenters. The van der Waals surface area contributed by atoms with E-state index in [0.717, 1.165) is 36.3 Å². The minimum Gasteiger partial charge on any atom is -0.398 e. The predicted molar refractivity (Wildman–Crippen MR) is 61.0 cm³/mol. The van der Waals surface area contributed by atoms with Gasteiger partial charge < -0.3 is 11.1 Å². The van der Waals surface area contributed by atoms with Gasteiger partial charge in [0, 0.05) is 19.3 Å². The van der Waals surface area contributed by atoms with Gasteiger partial charge in [0.15, 0.2) is 0 Å². The summed E-state index contributed by atoms with van der Waals surface area (Å²) in [4.78, 5) is 13.4. The smallest absolute Gasteiger partial charge is 0.321 e. The second-order valence-corrected chi connectivity index (χ2v) is 3.66.